The van der Waals surface area contributed by atoms with E-state index in [1.165, 1.54) is 23.8 Å². The van der Waals surface area contributed by atoms with Gasteiger partial charge in [0.15, 0.2) is 0 Å². The summed E-state index contributed by atoms with van der Waals surface area (Å²) in [5, 5.41) is 6.09. The molecule has 0 aliphatic heterocycles. The molecule has 0 saturated heterocycles. The molecule has 0 saturated carbocycles. The van der Waals surface area contributed by atoms with E-state index in [4.69, 9.17) is 4.42 Å². The van der Waals surface area contributed by atoms with Crippen molar-refractivity contribution in [3.8, 4) is 0 Å². The number of carbonyl (C=O) groups is 1. The summed E-state index contributed by atoms with van der Waals surface area (Å²) in [5.41, 5.74) is 4.55. The Kier molecular flexibility index (Phi) is 4.08. The maximum absolute atomic E-state index is 12.4. The zero-order valence-electron chi connectivity index (χ0n) is 12.6. The third-order valence-electron chi connectivity index (χ3n) is 3.32. The molecule has 0 radical (unpaired) electrons. The van der Waals surface area contributed by atoms with E-state index in [2.05, 4.69) is 10.5 Å². The predicted octanol–water partition coefficient (Wildman–Crippen LogP) is 3.24. The summed E-state index contributed by atoms with van der Waals surface area (Å²) in [5.74, 6) is -0.313. The number of nitrogens with zero attached hydrogens (tertiary/aromatic N) is 1. The summed E-state index contributed by atoms with van der Waals surface area (Å²) >= 11 is 1.49. The van der Waals surface area contributed by atoms with Crippen LogP contribution in [0.2, 0.25) is 0 Å². The Morgan fingerprint density at radius 1 is 1.30 bits per heavy atom. The van der Waals surface area contributed by atoms with Gasteiger partial charge in [-0.25, -0.2) is 5.43 Å². The molecule has 0 fully saturated rings. The second kappa shape index (κ2) is 6.18. The SMILES string of the molecule is Cc1ccc2occ(/C=N/NC(=O)c3csc(C)c3)c(=O)c2c1. The second-order valence-corrected chi connectivity index (χ2v) is 6.28. The first-order valence-corrected chi connectivity index (χ1v) is 7.83. The molecule has 1 aromatic carbocycles. The Morgan fingerprint density at radius 3 is 2.87 bits per heavy atom. The predicted molar refractivity (Wildman–Crippen MR) is 91.3 cm³/mol. The number of amides is 1. The van der Waals surface area contributed by atoms with Crippen molar-refractivity contribution in [2.75, 3.05) is 0 Å². The van der Waals surface area contributed by atoms with Crippen LogP contribution < -0.4 is 10.9 Å². The van der Waals surface area contributed by atoms with Crippen LogP contribution in [0, 0.1) is 13.8 Å². The highest BCUT2D eigenvalue weighted by Crippen LogP contribution is 2.13. The van der Waals surface area contributed by atoms with Gasteiger partial charge in [-0.2, -0.15) is 5.10 Å². The molecule has 3 aromatic rings. The average Bonchev–Trinajstić information content (AvgIpc) is 2.96. The molecule has 0 aliphatic carbocycles. The standard InChI is InChI=1S/C17H14N2O3S/c1-10-3-4-15-14(5-10)16(20)13(8-22-15)7-18-19-17(21)12-6-11(2)23-9-12/h3-9H,1-2H3,(H,19,21)/b18-7+. The van der Waals surface area contributed by atoms with Gasteiger partial charge in [0.05, 0.1) is 22.7 Å². The van der Waals surface area contributed by atoms with Gasteiger partial charge in [-0.15, -0.1) is 11.3 Å². The van der Waals surface area contributed by atoms with E-state index in [0.717, 1.165) is 10.4 Å². The monoisotopic (exact) mass is 326 g/mol. The highest BCUT2D eigenvalue weighted by molar-refractivity contribution is 7.10. The lowest BCUT2D eigenvalue weighted by Gasteiger charge is -2.00. The lowest BCUT2D eigenvalue weighted by molar-refractivity contribution is 0.0955. The molecule has 6 heteroatoms. The van der Waals surface area contributed by atoms with Crippen molar-refractivity contribution in [3.63, 3.8) is 0 Å². The van der Waals surface area contributed by atoms with Crippen molar-refractivity contribution in [1.29, 1.82) is 0 Å². The molecule has 0 unspecified atom stereocenters. The van der Waals surface area contributed by atoms with Gasteiger partial charge in [0.25, 0.3) is 5.91 Å². The first kappa shape index (κ1) is 15.2. The lowest BCUT2D eigenvalue weighted by atomic mass is 10.1. The van der Waals surface area contributed by atoms with Gasteiger partial charge in [-0.05, 0) is 32.0 Å². The fraction of sp³-hybridized carbons (Fsp3) is 0.118. The highest BCUT2D eigenvalue weighted by atomic mass is 32.1. The second-order valence-electron chi connectivity index (χ2n) is 5.16. The Balaban J connectivity index is 1.82. The lowest BCUT2D eigenvalue weighted by Crippen LogP contribution is -2.18. The van der Waals surface area contributed by atoms with Crippen LogP contribution in [0.3, 0.4) is 0 Å². The third-order valence-corrected chi connectivity index (χ3v) is 4.18. The Hall–Kier alpha value is -2.73. The Bertz CT molecular complexity index is 969. The highest BCUT2D eigenvalue weighted by Gasteiger charge is 2.07. The van der Waals surface area contributed by atoms with Gasteiger partial charge >= 0.3 is 0 Å². The summed E-state index contributed by atoms with van der Waals surface area (Å²) in [6, 6.07) is 7.18. The fourth-order valence-electron chi connectivity index (χ4n) is 2.14. The molecule has 2 aromatic heterocycles. The molecule has 1 N–H and O–H groups in total. The van der Waals surface area contributed by atoms with Crippen LogP contribution in [0.1, 0.15) is 26.4 Å². The van der Waals surface area contributed by atoms with Crippen LogP contribution in [0.25, 0.3) is 11.0 Å². The number of hydrazone groups is 1. The summed E-state index contributed by atoms with van der Waals surface area (Å²) < 4.78 is 5.42. The van der Waals surface area contributed by atoms with E-state index < -0.39 is 0 Å². The molecular weight excluding hydrogens is 312 g/mol. The van der Waals surface area contributed by atoms with Crippen LogP contribution in [0.5, 0.6) is 0 Å². The van der Waals surface area contributed by atoms with Crippen molar-refractivity contribution < 1.29 is 9.21 Å². The summed E-state index contributed by atoms with van der Waals surface area (Å²) in [4.78, 5) is 25.3. The minimum absolute atomic E-state index is 0.181. The normalized spacial score (nSPS) is 11.2. The quantitative estimate of drug-likeness (QED) is 0.593. The van der Waals surface area contributed by atoms with Gasteiger partial charge in [-0.3, -0.25) is 9.59 Å². The van der Waals surface area contributed by atoms with Crippen LogP contribution >= 0.6 is 11.3 Å². The third kappa shape index (κ3) is 3.22. The van der Waals surface area contributed by atoms with Crippen LogP contribution in [0.4, 0.5) is 0 Å². The van der Waals surface area contributed by atoms with Crippen molar-refractivity contribution in [3.05, 3.63) is 67.7 Å². The zero-order chi connectivity index (χ0) is 16.4. The number of nitrogens with one attached hydrogen (secondary N) is 1. The van der Waals surface area contributed by atoms with Crippen molar-refractivity contribution in [1.82, 2.24) is 5.43 Å². The van der Waals surface area contributed by atoms with E-state index in [1.807, 2.05) is 19.9 Å². The maximum atomic E-state index is 12.4. The molecule has 116 valence electrons. The van der Waals surface area contributed by atoms with Crippen molar-refractivity contribution in [2.24, 2.45) is 5.10 Å². The number of benzene rings is 1. The van der Waals surface area contributed by atoms with Crippen LogP contribution in [-0.2, 0) is 0 Å². The number of rotatable bonds is 3. The number of thiophene rings is 1. The smallest absolute Gasteiger partial charge is 0.272 e. The molecule has 0 bridgehead atoms. The maximum Gasteiger partial charge on any atom is 0.272 e. The molecule has 0 aliphatic rings. The molecule has 0 atom stereocenters. The number of hydrogen-bond donors (Lipinski definition) is 1. The van der Waals surface area contributed by atoms with E-state index in [0.29, 0.717) is 16.5 Å². The molecule has 0 spiro atoms. The van der Waals surface area contributed by atoms with Gasteiger partial charge in [0.2, 0.25) is 5.43 Å². The summed E-state index contributed by atoms with van der Waals surface area (Å²) in [6.45, 7) is 3.83. The summed E-state index contributed by atoms with van der Waals surface area (Å²) in [6.07, 6.45) is 2.63. The topological polar surface area (TPSA) is 71.7 Å². The van der Waals surface area contributed by atoms with Gasteiger partial charge in [-0.1, -0.05) is 11.6 Å². The van der Waals surface area contributed by atoms with E-state index in [-0.39, 0.29) is 16.9 Å². The molecular formula is C17H14N2O3S. The van der Waals surface area contributed by atoms with Crippen LogP contribution in [-0.4, -0.2) is 12.1 Å². The zero-order valence-corrected chi connectivity index (χ0v) is 13.4. The van der Waals surface area contributed by atoms with Gasteiger partial charge in [0.1, 0.15) is 11.8 Å². The minimum atomic E-state index is -0.313. The average molecular weight is 326 g/mol. The molecule has 3 rings (SSSR count). The first-order chi connectivity index (χ1) is 11.0. The van der Waals surface area contributed by atoms with Gasteiger partial charge < -0.3 is 4.42 Å². The number of aryl methyl sites for hydroxylation is 2. The van der Waals surface area contributed by atoms with Gasteiger partial charge in [0, 0.05) is 10.3 Å². The Morgan fingerprint density at radius 2 is 2.13 bits per heavy atom. The van der Waals surface area contributed by atoms with Crippen molar-refractivity contribution in [2.45, 2.75) is 13.8 Å². The first-order valence-electron chi connectivity index (χ1n) is 6.95. The molecule has 2 heterocycles. The van der Waals surface area contributed by atoms with E-state index in [9.17, 15) is 9.59 Å². The van der Waals surface area contributed by atoms with Crippen LogP contribution in [0.15, 0.2) is 50.2 Å². The van der Waals surface area contributed by atoms with E-state index in [1.54, 1.807) is 23.6 Å². The Labute approximate surface area is 136 Å². The fourth-order valence-corrected chi connectivity index (χ4v) is 2.82. The largest absolute Gasteiger partial charge is 0.463 e. The molecule has 5 nitrogen and oxygen atoms in total. The number of hydrogen-bond acceptors (Lipinski definition) is 5. The van der Waals surface area contributed by atoms with E-state index >= 15 is 0 Å². The summed E-state index contributed by atoms with van der Waals surface area (Å²) in [7, 11) is 0. The minimum Gasteiger partial charge on any atom is -0.463 e. The number of carbonyl (C=O) groups excluding carboxylic acids is 1. The molecule has 23 heavy (non-hydrogen) atoms. The number of fused-ring (bicyclic) bond motifs is 1. The molecule has 1 amide bonds. The van der Waals surface area contributed by atoms with Crippen molar-refractivity contribution >= 4 is 34.4 Å².